The number of anilines is 1. The number of hydrogen-bond acceptors (Lipinski definition) is 2. The molecule has 2 aromatic carbocycles. The lowest BCUT2D eigenvalue weighted by Crippen LogP contribution is -2.34. The molecule has 0 fully saturated rings. The molecule has 0 aliphatic heterocycles. The zero-order chi connectivity index (χ0) is 21.0. The van der Waals surface area contributed by atoms with Crippen LogP contribution in [0.3, 0.4) is 0 Å². The van der Waals surface area contributed by atoms with Crippen LogP contribution in [0.25, 0.3) is 0 Å². The predicted molar refractivity (Wildman–Crippen MR) is 99.6 cm³/mol. The smallest absolute Gasteiger partial charge is 0.416 e. The molecule has 0 atom stereocenters. The van der Waals surface area contributed by atoms with E-state index in [0.29, 0.717) is 17.1 Å². The number of benzene rings is 2. The van der Waals surface area contributed by atoms with Crippen molar-refractivity contribution in [2.75, 3.05) is 5.32 Å². The van der Waals surface area contributed by atoms with Crippen molar-refractivity contribution in [1.82, 2.24) is 4.90 Å². The molecule has 3 rings (SSSR count). The highest BCUT2D eigenvalue weighted by Gasteiger charge is 2.30. The Labute approximate surface area is 164 Å². The van der Waals surface area contributed by atoms with Crippen molar-refractivity contribution >= 4 is 11.7 Å². The summed E-state index contributed by atoms with van der Waals surface area (Å²) in [6, 6.07) is 12.9. The third kappa shape index (κ3) is 5.60. The molecule has 3 aromatic rings. The number of hydrogen-bond donors (Lipinski definition) is 1. The van der Waals surface area contributed by atoms with Gasteiger partial charge in [0.1, 0.15) is 17.3 Å². The molecule has 8 heteroatoms. The third-order valence-corrected chi connectivity index (χ3v) is 4.16. The number of nitrogens with one attached hydrogen (secondary N) is 1. The molecule has 0 saturated heterocycles. The van der Waals surface area contributed by atoms with E-state index in [9.17, 15) is 22.4 Å². The largest absolute Gasteiger partial charge is 0.464 e. The quantitative estimate of drug-likeness (QED) is 0.530. The van der Waals surface area contributed by atoms with Gasteiger partial charge in [-0.05, 0) is 55.0 Å². The molecule has 152 valence electrons. The van der Waals surface area contributed by atoms with Crippen LogP contribution in [0, 0.1) is 12.7 Å². The normalized spacial score (nSPS) is 11.3. The van der Waals surface area contributed by atoms with Crippen molar-refractivity contribution in [2.24, 2.45) is 0 Å². The molecule has 0 saturated carbocycles. The van der Waals surface area contributed by atoms with E-state index >= 15 is 0 Å². The van der Waals surface area contributed by atoms with Crippen LogP contribution in [0.15, 0.2) is 65.1 Å². The molecule has 29 heavy (non-hydrogen) atoms. The van der Waals surface area contributed by atoms with Crippen LogP contribution in [-0.4, -0.2) is 10.9 Å². The van der Waals surface area contributed by atoms with Gasteiger partial charge in [-0.15, -0.1) is 0 Å². The van der Waals surface area contributed by atoms with Gasteiger partial charge >= 0.3 is 12.2 Å². The van der Waals surface area contributed by atoms with E-state index in [1.54, 1.807) is 19.1 Å². The minimum atomic E-state index is -4.51. The van der Waals surface area contributed by atoms with E-state index in [1.165, 1.54) is 41.3 Å². The summed E-state index contributed by atoms with van der Waals surface area (Å²) in [4.78, 5) is 14.1. The zero-order valence-corrected chi connectivity index (χ0v) is 15.5. The highest BCUT2D eigenvalue weighted by atomic mass is 19.4. The van der Waals surface area contributed by atoms with Crippen LogP contribution < -0.4 is 5.32 Å². The fourth-order valence-corrected chi connectivity index (χ4v) is 2.74. The molecule has 0 radical (unpaired) electrons. The number of aryl methyl sites for hydroxylation is 1. The average molecular weight is 406 g/mol. The van der Waals surface area contributed by atoms with Gasteiger partial charge in [-0.1, -0.05) is 18.2 Å². The summed E-state index contributed by atoms with van der Waals surface area (Å²) >= 11 is 0. The lowest BCUT2D eigenvalue weighted by Gasteiger charge is -2.22. The number of amides is 2. The lowest BCUT2D eigenvalue weighted by atomic mass is 10.2. The Morgan fingerprint density at radius 2 is 1.76 bits per heavy atom. The van der Waals surface area contributed by atoms with E-state index < -0.39 is 23.6 Å². The first kappa shape index (κ1) is 20.4. The Hall–Kier alpha value is -3.29. The van der Waals surface area contributed by atoms with Crippen LogP contribution in [-0.2, 0) is 19.3 Å². The van der Waals surface area contributed by atoms with Gasteiger partial charge in [0, 0.05) is 12.2 Å². The monoisotopic (exact) mass is 406 g/mol. The Morgan fingerprint density at radius 1 is 1.03 bits per heavy atom. The molecule has 0 aliphatic rings. The summed E-state index contributed by atoms with van der Waals surface area (Å²) < 4.78 is 57.4. The molecule has 1 N–H and O–H groups in total. The van der Waals surface area contributed by atoms with Crippen molar-refractivity contribution in [1.29, 1.82) is 0 Å². The van der Waals surface area contributed by atoms with Crippen LogP contribution in [0.2, 0.25) is 0 Å². The topological polar surface area (TPSA) is 45.5 Å². The molecule has 1 heterocycles. The highest BCUT2D eigenvalue weighted by Crippen LogP contribution is 2.30. The fourth-order valence-electron chi connectivity index (χ4n) is 2.74. The number of carbonyl (C=O) groups is 1. The molecule has 0 aliphatic carbocycles. The molecular weight excluding hydrogens is 388 g/mol. The molecule has 0 unspecified atom stereocenters. The van der Waals surface area contributed by atoms with E-state index in [1.807, 2.05) is 0 Å². The van der Waals surface area contributed by atoms with Gasteiger partial charge in [-0.25, -0.2) is 9.18 Å². The van der Waals surface area contributed by atoms with Crippen molar-refractivity contribution in [3.63, 3.8) is 0 Å². The van der Waals surface area contributed by atoms with Crippen molar-refractivity contribution < 1.29 is 26.8 Å². The second-order valence-corrected chi connectivity index (χ2v) is 6.50. The Balaban J connectivity index is 1.80. The van der Waals surface area contributed by atoms with Crippen LogP contribution in [0.1, 0.15) is 22.6 Å². The average Bonchev–Trinajstić information content (AvgIpc) is 3.07. The van der Waals surface area contributed by atoms with Gasteiger partial charge in [-0.2, -0.15) is 13.2 Å². The standard InChI is InChI=1S/C21H18F4N2O2/c1-14-5-10-19(29-14)13-27(12-15-6-8-17(22)9-7-15)20(28)26-18-4-2-3-16(11-18)21(23,24)25/h2-11H,12-13H2,1H3,(H,26,28). The predicted octanol–water partition coefficient (Wildman–Crippen LogP) is 5.98. The highest BCUT2D eigenvalue weighted by molar-refractivity contribution is 5.89. The fraction of sp³-hybridized carbons (Fsp3) is 0.190. The summed E-state index contributed by atoms with van der Waals surface area (Å²) in [5.74, 6) is 0.777. The van der Waals surface area contributed by atoms with Gasteiger partial charge in [0.25, 0.3) is 0 Å². The van der Waals surface area contributed by atoms with Crippen LogP contribution in [0.4, 0.5) is 28.0 Å². The SMILES string of the molecule is Cc1ccc(CN(Cc2ccc(F)cc2)C(=O)Nc2cccc(C(F)(F)F)c2)o1. The number of alkyl halides is 3. The van der Waals surface area contributed by atoms with Crippen molar-refractivity contribution in [3.8, 4) is 0 Å². The number of rotatable bonds is 5. The number of urea groups is 1. The third-order valence-electron chi connectivity index (χ3n) is 4.16. The van der Waals surface area contributed by atoms with Gasteiger partial charge in [-0.3, -0.25) is 0 Å². The second kappa shape index (κ2) is 8.38. The first-order valence-electron chi connectivity index (χ1n) is 8.73. The van der Waals surface area contributed by atoms with E-state index in [-0.39, 0.29) is 18.8 Å². The van der Waals surface area contributed by atoms with E-state index in [0.717, 1.165) is 12.1 Å². The second-order valence-electron chi connectivity index (χ2n) is 6.50. The number of furan rings is 1. The Bertz CT molecular complexity index is 981. The minimum Gasteiger partial charge on any atom is -0.464 e. The number of halogens is 4. The summed E-state index contributed by atoms with van der Waals surface area (Å²) in [6.45, 7) is 1.97. The molecule has 0 bridgehead atoms. The number of carbonyl (C=O) groups excluding carboxylic acids is 1. The summed E-state index contributed by atoms with van der Waals surface area (Å²) in [7, 11) is 0. The molecule has 4 nitrogen and oxygen atoms in total. The maximum Gasteiger partial charge on any atom is 0.416 e. The minimum absolute atomic E-state index is 0.0181. The summed E-state index contributed by atoms with van der Waals surface area (Å²) in [5.41, 5.74) is -0.180. The Kier molecular flexibility index (Phi) is 5.91. The summed E-state index contributed by atoms with van der Waals surface area (Å²) in [6.07, 6.45) is -4.51. The molecule has 1 aromatic heterocycles. The van der Waals surface area contributed by atoms with E-state index in [4.69, 9.17) is 4.42 Å². The maximum absolute atomic E-state index is 13.2. The lowest BCUT2D eigenvalue weighted by molar-refractivity contribution is -0.137. The zero-order valence-electron chi connectivity index (χ0n) is 15.5. The van der Waals surface area contributed by atoms with Crippen molar-refractivity contribution in [2.45, 2.75) is 26.2 Å². The summed E-state index contributed by atoms with van der Waals surface area (Å²) in [5, 5.41) is 2.48. The van der Waals surface area contributed by atoms with E-state index in [2.05, 4.69) is 5.32 Å². The van der Waals surface area contributed by atoms with Crippen molar-refractivity contribution in [3.05, 3.63) is 89.1 Å². The van der Waals surface area contributed by atoms with Gasteiger partial charge in [0.2, 0.25) is 0 Å². The van der Waals surface area contributed by atoms with Crippen LogP contribution >= 0.6 is 0 Å². The van der Waals surface area contributed by atoms with Crippen LogP contribution in [0.5, 0.6) is 0 Å². The maximum atomic E-state index is 13.2. The molecular formula is C21H18F4N2O2. The molecule has 0 spiro atoms. The Morgan fingerprint density at radius 3 is 2.38 bits per heavy atom. The number of nitrogens with zero attached hydrogens (tertiary/aromatic N) is 1. The van der Waals surface area contributed by atoms with Gasteiger partial charge in [0.05, 0.1) is 12.1 Å². The molecule has 2 amide bonds. The van der Waals surface area contributed by atoms with Gasteiger partial charge < -0.3 is 14.6 Å². The first-order valence-corrected chi connectivity index (χ1v) is 8.73. The van der Waals surface area contributed by atoms with Gasteiger partial charge in [0.15, 0.2) is 0 Å². The first-order chi connectivity index (χ1) is 13.7.